The van der Waals surface area contributed by atoms with Crippen molar-refractivity contribution < 1.29 is 9.72 Å². The molecule has 3 rings (SSSR count). The molecule has 7 heteroatoms. The number of nitro benzene ring substituents is 1. The number of carbonyl (C=O) groups is 1. The van der Waals surface area contributed by atoms with Crippen molar-refractivity contribution in [3.63, 3.8) is 0 Å². The predicted octanol–water partition coefficient (Wildman–Crippen LogP) is 4.33. The number of non-ortho nitro benzene ring substituents is 1. The summed E-state index contributed by atoms with van der Waals surface area (Å²) in [5.41, 5.74) is 2.11. The van der Waals surface area contributed by atoms with Crippen molar-refractivity contribution in [2.24, 2.45) is 0 Å². The first-order valence-corrected chi connectivity index (χ1v) is 9.12. The van der Waals surface area contributed by atoms with Crippen molar-refractivity contribution in [2.45, 2.75) is 4.58 Å². The normalized spacial score (nSPS) is 14.6. The maximum atomic E-state index is 12.2. The quantitative estimate of drug-likeness (QED) is 0.659. The predicted molar refractivity (Wildman–Crippen MR) is 95.1 cm³/mol. The lowest BCUT2D eigenvalue weighted by molar-refractivity contribution is -0.384. The molecule has 0 bridgehead atoms. The second-order valence-electron chi connectivity index (χ2n) is 4.96. The van der Waals surface area contributed by atoms with E-state index in [0.29, 0.717) is 15.8 Å². The Morgan fingerprint density at radius 2 is 1.83 bits per heavy atom. The monoisotopic (exact) mass is 346 g/mol. The van der Waals surface area contributed by atoms with Crippen LogP contribution in [0.4, 0.5) is 11.4 Å². The Balaban J connectivity index is 1.70. The van der Waals surface area contributed by atoms with Crippen LogP contribution in [0.25, 0.3) is 0 Å². The Labute approximate surface area is 142 Å². The van der Waals surface area contributed by atoms with E-state index >= 15 is 0 Å². The highest BCUT2D eigenvalue weighted by molar-refractivity contribution is 8.19. The largest absolute Gasteiger partial charge is 0.322 e. The zero-order chi connectivity index (χ0) is 16.2. The molecule has 0 aliphatic carbocycles. The van der Waals surface area contributed by atoms with E-state index in [-0.39, 0.29) is 11.6 Å². The number of anilines is 1. The maximum Gasteiger partial charge on any atom is 0.271 e. The molecule has 1 heterocycles. The van der Waals surface area contributed by atoms with E-state index in [9.17, 15) is 14.9 Å². The van der Waals surface area contributed by atoms with Crippen LogP contribution in [0, 0.1) is 10.1 Å². The molecule has 118 valence electrons. The SMILES string of the molecule is O=C(Nc1cccc([N+](=O)[O-])c1)c1ccc(C2SCCS2)cc1. The molecule has 5 nitrogen and oxygen atoms in total. The molecule has 0 radical (unpaired) electrons. The van der Waals surface area contributed by atoms with Crippen LogP contribution in [0.1, 0.15) is 20.5 Å². The molecule has 1 aliphatic heterocycles. The van der Waals surface area contributed by atoms with Gasteiger partial charge >= 0.3 is 0 Å². The van der Waals surface area contributed by atoms with Crippen molar-refractivity contribution in [3.8, 4) is 0 Å². The van der Waals surface area contributed by atoms with Gasteiger partial charge in [-0.05, 0) is 23.8 Å². The van der Waals surface area contributed by atoms with Gasteiger partial charge in [0, 0.05) is 34.9 Å². The second-order valence-corrected chi connectivity index (χ2v) is 7.68. The van der Waals surface area contributed by atoms with E-state index in [2.05, 4.69) is 5.32 Å². The zero-order valence-corrected chi connectivity index (χ0v) is 13.7. The van der Waals surface area contributed by atoms with Crippen molar-refractivity contribution in [1.82, 2.24) is 0 Å². The highest BCUT2D eigenvalue weighted by Crippen LogP contribution is 2.45. The standard InChI is InChI=1S/C16H14N2O3S2/c19-15(17-13-2-1-3-14(10-13)18(20)21)11-4-6-12(7-5-11)16-22-8-9-23-16/h1-7,10,16H,8-9H2,(H,17,19). The van der Waals surface area contributed by atoms with Gasteiger partial charge in [0.05, 0.1) is 9.51 Å². The Hall–Kier alpha value is -1.99. The molecule has 23 heavy (non-hydrogen) atoms. The number of amides is 1. The van der Waals surface area contributed by atoms with Crippen molar-refractivity contribution >= 4 is 40.8 Å². The lowest BCUT2D eigenvalue weighted by Crippen LogP contribution is -2.12. The number of hydrogen-bond donors (Lipinski definition) is 1. The van der Waals surface area contributed by atoms with Crippen LogP contribution in [0.2, 0.25) is 0 Å². The van der Waals surface area contributed by atoms with Gasteiger partial charge in [-0.3, -0.25) is 14.9 Å². The number of hydrogen-bond acceptors (Lipinski definition) is 5. The van der Waals surface area contributed by atoms with Crippen molar-refractivity contribution in [1.29, 1.82) is 0 Å². The summed E-state index contributed by atoms with van der Waals surface area (Å²) in [5, 5.41) is 13.4. The zero-order valence-electron chi connectivity index (χ0n) is 12.1. The molecule has 1 saturated heterocycles. The van der Waals surface area contributed by atoms with Crippen LogP contribution in [0.5, 0.6) is 0 Å². The Morgan fingerprint density at radius 3 is 2.48 bits per heavy atom. The molecule has 0 unspecified atom stereocenters. The highest BCUT2D eigenvalue weighted by Gasteiger charge is 2.18. The Bertz CT molecular complexity index is 728. The molecule has 1 N–H and O–H groups in total. The van der Waals surface area contributed by atoms with Gasteiger partial charge in [0.15, 0.2) is 0 Å². The Kier molecular flexibility index (Phi) is 4.88. The first-order valence-electron chi connectivity index (χ1n) is 7.02. The summed E-state index contributed by atoms with van der Waals surface area (Å²) in [6.07, 6.45) is 0. The fourth-order valence-corrected chi connectivity index (χ4v) is 5.10. The van der Waals surface area contributed by atoms with Crippen LogP contribution < -0.4 is 5.32 Å². The van der Waals surface area contributed by atoms with E-state index in [1.54, 1.807) is 24.3 Å². The minimum Gasteiger partial charge on any atom is -0.322 e. The molecular formula is C16H14N2O3S2. The Morgan fingerprint density at radius 1 is 1.13 bits per heavy atom. The van der Waals surface area contributed by atoms with Gasteiger partial charge in [0.25, 0.3) is 11.6 Å². The average Bonchev–Trinajstić information content (AvgIpc) is 3.09. The molecule has 0 spiro atoms. The molecular weight excluding hydrogens is 332 g/mol. The number of nitrogens with one attached hydrogen (secondary N) is 1. The number of carbonyl (C=O) groups excluding carboxylic acids is 1. The highest BCUT2D eigenvalue weighted by atomic mass is 32.2. The first-order chi connectivity index (χ1) is 11.1. The van der Waals surface area contributed by atoms with E-state index < -0.39 is 4.92 Å². The maximum absolute atomic E-state index is 12.2. The van der Waals surface area contributed by atoms with Gasteiger partial charge in [-0.2, -0.15) is 0 Å². The van der Waals surface area contributed by atoms with Crippen LogP contribution in [-0.4, -0.2) is 22.3 Å². The first kappa shape index (κ1) is 15.9. The molecule has 2 aromatic rings. The number of nitrogens with zero attached hydrogens (tertiary/aromatic N) is 1. The van der Waals surface area contributed by atoms with Gasteiger partial charge in [-0.25, -0.2) is 0 Å². The summed E-state index contributed by atoms with van der Waals surface area (Å²) in [6, 6.07) is 13.4. The summed E-state index contributed by atoms with van der Waals surface area (Å²) in [4.78, 5) is 22.5. The van der Waals surface area contributed by atoms with Gasteiger partial charge in [-0.1, -0.05) is 18.2 Å². The molecule has 0 atom stereocenters. The van der Waals surface area contributed by atoms with E-state index in [0.717, 1.165) is 11.5 Å². The average molecular weight is 346 g/mol. The summed E-state index contributed by atoms with van der Waals surface area (Å²) in [5.74, 6) is 2.04. The minimum atomic E-state index is -0.485. The smallest absolute Gasteiger partial charge is 0.271 e. The molecule has 1 fully saturated rings. The summed E-state index contributed by atoms with van der Waals surface area (Å²) >= 11 is 3.83. The number of nitro groups is 1. The fourth-order valence-electron chi connectivity index (χ4n) is 2.24. The van der Waals surface area contributed by atoms with E-state index in [4.69, 9.17) is 0 Å². The lowest BCUT2D eigenvalue weighted by atomic mass is 10.1. The third-order valence-corrected chi connectivity index (χ3v) is 6.49. The number of benzene rings is 2. The van der Waals surface area contributed by atoms with E-state index in [1.165, 1.54) is 17.7 Å². The molecule has 0 saturated carbocycles. The summed E-state index contributed by atoms with van der Waals surface area (Å²) in [7, 11) is 0. The molecule has 1 aliphatic rings. The lowest BCUT2D eigenvalue weighted by Gasteiger charge is -2.09. The van der Waals surface area contributed by atoms with Gasteiger partial charge in [0.2, 0.25) is 0 Å². The van der Waals surface area contributed by atoms with Gasteiger partial charge < -0.3 is 5.32 Å². The van der Waals surface area contributed by atoms with Crippen LogP contribution in [0.15, 0.2) is 48.5 Å². The summed E-state index contributed by atoms with van der Waals surface area (Å²) < 4.78 is 0.448. The number of thioether (sulfide) groups is 2. The molecule has 2 aromatic carbocycles. The van der Waals surface area contributed by atoms with Crippen LogP contribution >= 0.6 is 23.5 Å². The van der Waals surface area contributed by atoms with Gasteiger partial charge in [-0.15, -0.1) is 23.5 Å². The van der Waals surface area contributed by atoms with Crippen molar-refractivity contribution in [2.75, 3.05) is 16.8 Å². The third kappa shape index (κ3) is 3.86. The third-order valence-electron chi connectivity index (χ3n) is 3.38. The fraction of sp³-hybridized carbons (Fsp3) is 0.188. The second kappa shape index (κ2) is 7.06. The van der Waals surface area contributed by atoms with Crippen LogP contribution in [-0.2, 0) is 0 Å². The minimum absolute atomic E-state index is 0.0477. The molecule has 1 amide bonds. The molecule has 0 aromatic heterocycles. The van der Waals surface area contributed by atoms with Crippen molar-refractivity contribution in [3.05, 3.63) is 69.8 Å². The van der Waals surface area contributed by atoms with E-state index in [1.807, 2.05) is 35.7 Å². The summed E-state index contributed by atoms with van der Waals surface area (Å²) in [6.45, 7) is 0. The van der Waals surface area contributed by atoms with Gasteiger partial charge in [0.1, 0.15) is 0 Å². The van der Waals surface area contributed by atoms with Crippen LogP contribution in [0.3, 0.4) is 0 Å². The topological polar surface area (TPSA) is 72.2 Å². The number of rotatable bonds is 4.